The summed E-state index contributed by atoms with van der Waals surface area (Å²) in [6.07, 6.45) is 1.91. The van der Waals surface area contributed by atoms with Gasteiger partial charge in [0.1, 0.15) is 11.5 Å². The minimum Gasteiger partial charge on any atom is -0.496 e. The van der Waals surface area contributed by atoms with Crippen molar-refractivity contribution in [2.45, 2.75) is 31.2 Å². The van der Waals surface area contributed by atoms with Crippen molar-refractivity contribution in [3.63, 3.8) is 0 Å². The number of hydrogen-bond donors (Lipinski definition) is 1. The van der Waals surface area contributed by atoms with E-state index >= 15 is 0 Å². The monoisotopic (exact) mass is 418 g/mol. The molecule has 7 nitrogen and oxygen atoms in total. The molecule has 1 saturated heterocycles. The summed E-state index contributed by atoms with van der Waals surface area (Å²) in [5.41, 5.74) is 1.07. The number of sulfonamides is 1. The Morgan fingerprint density at radius 2 is 1.79 bits per heavy atom. The Kier molecular flexibility index (Phi) is 6.76. The van der Waals surface area contributed by atoms with Crippen LogP contribution < -0.4 is 14.2 Å². The third kappa shape index (κ3) is 5.07. The van der Waals surface area contributed by atoms with Gasteiger partial charge in [-0.3, -0.25) is 4.79 Å². The first kappa shape index (κ1) is 21.1. The number of methoxy groups -OCH3 is 1. The van der Waals surface area contributed by atoms with Crippen molar-refractivity contribution in [1.29, 1.82) is 0 Å². The number of likely N-dealkylation sites (tertiary alicyclic amines) is 1. The van der Waals surface area contributed by atoms with Crippen LogP contribution in [0.2, 0.25) is 0 Å². The number of carbonyl (C=O) groups is 1. The number of ether oxygens (including phenoxy) is 2. The fourth-order valence-electron chi connectivity index (χ4n) is 3.24. The Bertz CT molecular complexity index is 952. The van der Waals surface area contributed by atoms with Gasteiger partial charge in [0, 0.05) is 19.6 Å². The highest BCUT2D eigenvalue weighted by Crippen LogP contribution is 2.25. The van der Waals surface area contributed by atoms with Crippen molar-refractivity contribution in [3.8, 4) is 11.5 Å². The molecule has 8 heteroatoms. The zero-order valence-corrected chi connectivity index (χ0v) is 17.5. The van der Waals surface area contributed by atoms with E-state index in [1.165, 1.54) is 25.3 Å². The average molecular weight is 419 g/mol. The van der Waals surface area contributed by atoms with Crippen molar-refractivity contribution >= 4 is 15.9 Å². The van der Waals surface area contributed by atoms with E-state index in [0.29, 0.717) is 25.4 Å². The number of rotatable bonds is 8. The highest BCUT2D eigenvalue weighted by atomic mass is 32.2. The molecule has 2 aromatic rings. The largest absolute Gasteiger partial charge is 0.496 e. The van der Waals surface area contributed by atoms with Crippen LogP contribution in [-0.2, 0) is 16.6 Å². The van der Waals surface area contributed by atoms with E-state index < -0.39 is 10.0 Å². The Hall–Kier alpha value is -2.58. The molecular weight excluding hydrogens is 392 g/mol. The summed E-state index contributed by atoms with van der Waals surface area (Å²) in [5.74, 6) is 0.898. The fraction of sp³-hybridized carbons (Fsp3) is 0.381. The van der Waals surface area contributed by atoms with Gasteiger partial charge >= 0.3 is 0 Å². The van der Waals surface area contributed by atoms with Crippen molar-refractivity contribution in [2.24, 2.45) is 0 Å². The summed E-state index contributed by atoms with van der Waals surface area (Å²) in [6, 6.07) is 11.6. The molecule has 0 spiro atoms. The molecule has 3 rings (SSSR count). The molecule has 29 heavy (non-hydrogen) atoms. The lowest BCUT2D eigenvalue weighted by atomic mass is 10.1. The van der Waals surface area contributed by atoms with E-state index in [2.05, 4.69) is 4.72 Å². The summed E-state index contributed by atoms with van der Waals surface area (Å²) < 4.78 is 38.8. The molecule has 1 aliphatic rings. The molecule has 1 fully saturated rings. The first-order valence-corrected chi connectivity index (χ1v) is 11.1. The van der Waals surface area contributed by atoms with Crippen molar-refractivity contribution in [2.75, 3.05) is 26.8 Å². The normalized spacial score (nSPS) is 14.1. The zero-order valence-electron chi connectivity index (χ0n) is 16.7. The maximum atomic E-state index is 12.8. The number of hydrogen-bond acceptors (Lipinski definition) is 5. The van der Waals surface area contributed by atoms with E-state index in [-0.39, 0.29) is 22.9 Å². The number of nitrogens with zero attached hydrogens (tertiary/aromatic N) is 1. The van der Waals surface area contributed by atoms with Crippen LogP contribution in [0.15, 0.2) is 47.4 Å². The maximum Gasteiger partial charge on any atom is 0.257 e. The molecule has 1 N–H and O–H groups in total. The van der Waals surface area contributed by atoms with Crippen LogP contribution in [0.3, 0.4) is 0 Å². The molecule has 1 aliphatic heterocycles. The lowest BCUT2D eigenvalue weighted by molar-refractivity contribution is 0.0789. The number of benzene rings is 2. The van der Waals surface area contributed by atoms with Gasteiger partial charge in [0.25, 0.3) is 5.91 Å². The van der Waals surface area contributed by atoms with Crippen molar-refractivity contribution < 1.29 is 22.7 Å². The Labute approximate surface area is 171 Å². The molecule has 0 atom stereocenters. The standard InChI is InChI=1S/C21H26N2O5S/c1-3-28-17-8-6-16(7-9-17)15-22-29(25,26)18-10-11-20(27-2)19(14-18)21(24)23-12-4-5-13-23/h6-11,14,22H,3-5,12-13,15H2,1-2H3. The van der Waals surface area contributed by atoms with Crippen LogP contribution in [0.5, 0.6) is 11.5 Å². The van der Waals surface area contributed by atoms with Gasteiger partial charge in [0.15, 0.2) is 0 Å². The number of amides is 1. The second kappa shape index (κ2) is 9.28. The smallest absolute Gasteiger partial charge is 0.257 e. The molecule has 2 aromatic carbocycles. The molecule has 1 amide bonds. The third-order valence-electron chi connectivity index (χ3n) is 4.81. The van der Waals surface area contributed by atoms with Crippen LogP contribution in [0.1, 0.15) is 35.7 Å². The summed E-state index contributed by atoms with van der Waals surface area (Å²) in [6.45, 7) is 3.96. The van der Waals surface area contributed by atoms with Gasteiger partial charge < -0.3 is 14.4 Å². The Morgan fingerprint density at radius 3 is 2.41 bits per heavy atom. The minimum atomic E-state index is -3.79. The number of nitrogens with one attached hydrogen (secondary N) is 1. The molecule has 0 radical (unpaired) electrons. The predicted octanol–water partition coefficient (Wildman–Crippen LogP) is 2.81. The summed E-state index contributed by atoms with van der Waals surface area (Å²) in [4.78, 5) is 14.5. The molecular formula is C21H26N2O5S. The summed E-state index contributed by atoms with van der Waals surface area (Å²) in [5, 5.41) is 0. The molecule has 0 unspecified atom stereocenters. The molecule has 0 bridgehead atoms. The van der Waals surface area contributed by atoms with Gasteiger partial charge in [0.2, 0.25) is 10.0 Å². The Balaban J connectivity index is 1.77. The van der Waals surface area contributed by atoms with Crippen LogP contribution in [0.4, 0.5) is 0 Å². The topological polar surface area (TPSA) is 84.9 Å². The predicted molar refractivity (Wildman–Crippen MR) is 110 cm³/mol. The van der Waals surface area contributed by atoms with Crippen LogP contribution in [0, 0.1) is 0 Å². The van der Waals surface area contributed by atoms with Gasteiger partial charge in [-0.1, -0.05) is 12.1 Å². The van der Waals surface area contributed by atoms with E-state index in [1.54, 1.807) is 17.0 Å². The maximum absolute atomic E-state index is 12.8. The summed E-state index contributed by atoms with van der Waals surface area (Å²) in [7, 11) is -2.32. The third-order valence-corrected chi connectivity index (χ3v) is 6.20. The number of carbonyl (C=O) groups excluding carboxylic acids is 1. The van der Waals surface area contributed by atoms with E-state index in [4.69, 9.17) is 9.47 Å². The van der Waals surface area contributed by atoms with Crippen LogP contribution >= 0.6 is 0 Å². The molecule has 0 aromatic heterocycles. The lowest BCUT2D eigenvalue weighted by Gasteiger charge is -2.18. The molecule has 0 aliphatic carbocycles. The van der Waals surface area contributed by atoms with Crippen LogP contribution in [-0.4, -0.2) is 46.0 Å². The highest BCUT2D eigenvalue weighted by molar-refractivity contribution is 7.89. The van der Waals surface area contributed by atoms with Gasteiger partial charge in [-0.2, -0.15) is 0 Å². The Morgan fingerprint density at radius 1 is 1.10 bits per heavy atom. The van der Waals surface area contributed by atoms with Crippen LogP contribution in [0.25, 0.3) is 0 Å². The molecule has 1 heterocycles. The second-order valence-electron chi connectivity index (χ2n) is 6.76. The van der Waals surface area contributed by atoms with Gasteiger partial charge in [-0.05, 0) is 55.7 Å². The van der Waals surface area contributed by atoms with E-state index in [1.807, 2.05) is 19.1 Å². The second-order valence-corrected chi connectivity index (χ2v) is 8.53. The minimum absolute atomic E-state index is 0.0341. The zero-order chi connectivity index (χ0) is 20.9. The SMILES string of the molecule is CCOc1ccc(CNS(=O)(=O)c2ccc(OC)c(C(=O)N3CCCC3)c2)cc1. The van der Waals surface area contributed by atoms with Gasteiger partial charge in [-0.25, -0.2) is 13.1 Å². The van der Waals surface area contributed by atoms with Crippen molar-refractivity contribution in [1.82, 2.24) is 9.62 Å². The first-order valence-electron chi connectivity index (χ1n) is 9.63. The first-order chi connectivity index (χ1) is 13.9. The van der Waals surface area contributed by atoms with E-state index in [0.717, 1.165) is 24.2 Å². The van der Waals surface area contributed by atoms with Gasteiger partial charge in [-0.15, -0.1) is 0 Å². The molecule has 156 valence electrons. The van der Waals surface area contributed by atoms with Gasteiger partial charge in [0.05, 0.1) is 24.2 Å². The fourth-order valence-corrected chi connectivity index (χ4v) is 4.29. The van der Waals surface area contributed by atoms with Crippen molar-refractivity contribution in [3.05, 3.63) is 53.6 Å². The van der Waals surface area contributed by atoms with E-state index in [9.17, 15) is 13.2 Å². The quantitative estimate of drug-likeness (QED) is 0.713. The average Bonchev–Trinajstić information content (AvgIpc) is 3.27. The molecule has 0 saturated carbocycles. The highest BCUT2D eigenvalue weighted by Gasteiger charge is 2.25. The lowest BCUT2D eigenvalue weighted by Crippen LogP contribution is -2.29. The summed E-state index contributed by atoms with van der Waals surface area (Å²) >= 11 is 0.